The standard InChI is InChI=1S/C50H76N2O7/c1-33(2)42-36(53)29-50(39(54)32-52(31-34-13-11-10-12-14-34)24-23-51-25-27-58-28-26-51)22-21-48(8)35(43(42)50)15-16-38-47(7)19-18-40(59-41(55)30-45(3,4)44(56)57)46(5,6)37(47)17-20-49(38,48)9/h10-14,33,35,37-40,54H,15-32H2,1-9H3,(H,56,57)/t35-,37+,38-,39?,40+,47+,48-,49-,50?/m1/s1. The zero-order valence-electron chi connectivity index (χ0n) is 37.9. The number of carbonyl (C=O) groups is 3. The van der Waals surface area contributed by atoms with Crippen LogP contribution in [0.15, 0.2) is 41.5 Å². The van der Waals surface area contributed by atoms with Crippen LogP contribution in [-0.4, -0.2) is 95.9 Å². The number of aliphatic carboxylic acids is 1. The molecule has 0 radical (unpaired) electrons. The van der Waals surface area contributed by atoms with Gasteiger partial charge in [-0.15, -0.1) is 0 Å². The van der Waals surface area contributed by atoms with Crippen molar-refractivity contribution in [1.82, 2.24) is 9.80 Å². The molecule has 6 aliphatic rings. The minimum atomic E-state index is -1.17. The highest BCUT2D eigenvalue weighted by atomic mass is 16.5. The van der Waals surface area contributed by atoms with E-state index < -0.39 is 28.9 Å². The van der Waals surface area contributed by atoms with Crippen LogP contribution in [0.2, 0.25) is 0 Å². The van der Waals surface area contributed by atoms with E-state index >= 15 is 0 Å². The molecule has 0 bridgehead atoms. The van der Waals surface area contributed by atoms with E-state index in [-0.39, 0.29) is 51.8 Å². The number of carboxylic acids is 1. The second kappa shape index (κ2) is 16.3. The van der Waals surface area contributed by atoms with E-state index in [0.717, 1.165) is 103 Å². The largest absolute Gasteiger partial charge is 0.481 e. The molecule has 0 aromatic heterocycles. The Balaban J connectivity index is 1.15. The van der Waals surface area contributed by atoms with Crippen molar-refractivity contribution in [2.75, 3.05) is 45.9 Å². The summed E-state index contributed by atoms with van der Waals surface area (Å²) in [5.74, 6) is 0.0493. The molecule has 7 rings (SSSR count). The van der Waals surface area contributed by atoms with Gasteiger partial charge in [-0.2, -0.15) is 0 Å². The second-order valence-corrected chi connectivity index (χ2v) is 22.2. The molecule has 1 saturated heterocycles. The number of morpholine rings is 1. The number of hydrogen-bond acceptors (Lipinski definition) is 8. The van der Waals surface area contributed by atoms with Crippen LogP contribution >= 0.6 is 0 Å². The average molecular weight is 817 g/mol. The average Bonchev–Trinajstić information content (AvgIpc) is 3.49. The minimum Gasteiger partial charge on any atom is -0.481 e. The van der Waals surface area contributed by atoms with Gasteiger partial charge in [-0.1, -0.05) is 84.4 Å². The van der Waals surface area contributed by atoms with Gasteiger partial charge in [0.05, 0.1) is 31.2 Å². The maximum atomic E-state index is 14.4. The van der Waals surface area contributed by atoms with E-state index in [1.54, 1.807) is 13.8 Å². The monoisotopic (exact) mass is 817 g/mol. The van der Waals surface area contributed by atoms with Crippen LogP contribution in [0.5, 0.6) is 0 Å². The number of rotatable bonds is 13. The maximum absolute atomic E-state index is 14.4. The molecule has 9 nitrogen and oxygen atoms in total. The number of Topliss-reactive ketones (excluding diaryl/α,β-unsaturated/α-hetero) is 1. The van der Waals surface area contributed by atoms with Crippen molar-refractivity contribution in [3.63, 3.8) is 0 Å². The maximum Gasteiger partial charge on any atom is 0.309 e. The number of hydrogen-bond donors (Lipinski definition) is 2. The van der Waals surface area contributed by atoms with E-state index in [1.165, 1.54) is 11.1 Å². The molecule has 2 N–H and O–H groups in total. The smallest absolute Gasteiger partial charge is 0.309 e. The zero-order chi connectivity index (χ0) is 42.8. The molecule has 1 heterocycles. The highest BCUT2D eigenvalue weighted by molar-refractivity contribution is 6.00. The third kappa shape index (κ3) is 7.69. The van der Waals surface area contributed by atoms with Crippen molar-refractivity contribution in [3.05, 3.63) is 47.0 Å². The Hall–Kier alpha value is -2.59. The first-order chi connectivity index (χ1) is 27.7. The van der Waals surface area contributed by atoms with Crippen LogP contribution in [0, 0.1) is 56.2 Å². The first-order valence-corrected chi connectivity index (χ1v) is 23.1. The lowest BCUT2D eigenvalue weighted by Crippen LogP contribution is -2.66. The molecule has 5 fully saturated rings. The van der Waals surface area contributed by atoms with Gasteiger partial charge in [-0.25, -0.2) is 0 Å². The Kier molecular flexibility index (Phi) is 12.3. The van der Waals surface area contributed by atoms with Crippen molar-refractivity contribution in [2.45, 2.75) is 145 Å². The van der Waals surface area contributed by atoms with E-state index in [4.69, 9.17) is 9.47 Å². The number of ether oxygens (including phenoxy) is 2. The van der Waals surface area contributed by atoms with Crippen molar-refractivity contribution in [2.24, 2.45) is 56.2 Å². The molecule has 0 spiro atoms. The molecule has 1 aliphatic heterocycles. The van der Waals surface area contributed by atoms with Gasteiger partial charge < -0.3 is 19.7 Å². The normalized spacial score (nSPS) is 36.4. The Labute approximate surface area is 355 Å². The van der Waals surface area contributed by atoms with Crippen molar-refractivity contribution < 1.29 is 34.1 Å². The number of aliphatic hydroxyl groups excluding tert-OH is 1. The molecule has 2 unspecified atom stereocenters. The SMILES string of the molecule is CC(C)C1=C2[C@H]3CC[C@@H]4[C@@]5(C)CC[C@H](OC(=O)CC(C)(C)C(=O)O)C(C)(C)[C@@H]5CC[C@@]4(C)[C@]3(C)CCC2(C(O)CN(CCN2CCOCC2)Cc2ccccc2)CC1=O. The predicted octanol–water partition coefficient (Wildman–Crippen LogP) is 8.58. The van der Waals surface area contributed by atoms with Gasteiger partial charge in [0.25, 0.3) is 0 Å². The van der Waals surface area contributed by atoms with E-state index in [9.17, 15) is 24.6 Å². The molecular formula is C50H76N2O7. The molecule has 5 aliphatic carbocycles. The number of fused-ring (bicyclic) bond motifs is 7. The summed E-state index contributed by atoms with van der Waals surface area (Å²) in [5.41, 5.74) is 1.68. The van der Waals surface area contributed by atoms with Gasteiger partial charge in [-0.3, -0.25) is 24.2 Å². The third-order valence-corrected chi connectivity index (χ3v) is 18.0. The van der Waals surface area contributed by atoms with Crippen LogP contribution in [-0.2, 0) is 30.4 Å². The lowest BCUT2D eigenvalue weighted by Gasteiger charge is -2.72. The molecule has 9 atom stereocenters. The summed E-state index contributed by atoms with van der Waals surface area (Å²) >= 11 is 0. The molecule has 1 aromatic rings. The van der Waals surface area contributed by atoms with Crippen molar-refractivity contribution in [3.8, 4) is 0 Å². The Morgan fingerprint density at radius 1 is 0.932 bits per heavy atom. The van der Waals surface area contributed by atoms with Gasteiger partial charge in [0.1, 0.15) is 6.10 Å². The van der Waals surface area contributed by atoms with Crippen molar-refractivity contribution >= 4 is 17.7 Å². The van der Waals surface area contributed by atoms with Gasteiger partial charge in [0.2, 0.25) is 0 Å². The molecule has 4 saturated carbocycles. The first-order valence-electron chi connectivity index (χ1n) is 23.1. The van der Waals surface area contributed by atoms with Crippen LogP contribution in [0.3, 0.4) is 0 Å². The Bertz CT molecular complexity index is 1770. The van der Waals surface area contributed by atoms with E-state index in [1.807, 2.05) is 0 Å². The van der Waals surface area contributed by atoms with Gasteiger partial charge in [0.15, 0.2) is 5.78 Å². The van der Waals surface area contributed by atoms with Crippen LogP contribution in [0.25, 0.3) is 0 Å². The molecular weight excluding hydrogens is 741 g/mol. The summed E-state index contributed by atoms with van der Waals surface area (Å²) in [6.45, 7) is 26.3. The predicted molar refractivity (Wildman–Crippen MR) is 230 cm³/mol. The molecule has 59 heavy (non-hydrogen) atoms. The van der Waals surface area contributed by atoms with Gasteiger partial charge in [-0.05, 0) is 116 Å². The summed E-state index contributed by atoms with van der Waals surface area (Å²) in [6, 6.07) is 10.6. The molecule has 328 valence electrons. The second-order valence-electron chi connectivity index (χ2n) is 22.2. The van der Waals surface area contributed by atoms with Crippen LogP contribution in [0.1, 0.15) is 132 Å². The van der Waals surface area contributed by atoms with E-state index in [2.05, 4.69) is 88.6 Å². The minimum absolute atomic E-state index is 0.0247. The van der Waals surface area contributed by atoms with Crippen LogP contribution < -0.4 is 0 Å². The Morgan fingerprint density at radius 3 is 2.29 bits per heavy atom. The quantitative estimate of drug-likeness (QED) is 0.189. The summed E-state index contributed by atoms with van der Waals surface area (Å²) in [4.78, 5) is 44.3. The number of nitrogens with zero attached hydrogens (tertiary/aromatic N) is 2. The number of aliphatic hydroxyl groups is 1. The fraction of sp³-hybridized carbons (Fsp3) is 0.780. The summed E-state index contributed by atoms with van der Waals surface area (Å²) in [7, 11) is 0. The number of ketones is 1. The number of carbonyl (C=O) groups excluding carboxylic acids is 2. The van der Waals surface area contributed by atoms with Gasteiger partial charge in [0, 0.05) is 56.5 Å². The fourth-order valence-corrected chi connectivity index (χ4v) is 14.5. The fourth-order valence-electron chi connectivity index (χ4n) is 14.5. The van der Waals surface area contributed by atoms with Gasteiger partial charge >= 0.3 is 11.9 Å². The first kappa shape index (κ1) is 44.5. The van der Waals surface area contributed by atoms with E-state index in [0.29, 0.717) is 24.8 Å². The molecule has 1 aromatic carbocycles. The highest BCUT2D eigenvalue weighted by Crippen LogP contribution is 2.77. The Morgan fingerprint density at radius 2 is 1.63 bits per heavy atom. The summed E-state index contributed by atoms with van der Waals surface area (Å²) in [6.07, 6.45) is 7.24. The lowest BCUT2D eigenvalue weighted by atomic mass is 9.33. The molecule has 0 amide bonds. The zero-order valence-corrected chi connectivity index (χ0v) is 37.9. The number of benzene rings is 1. The third-order valence-electron chi connectivity index (χ3n) is 18.0. The summed E-state index contributed by atoms with van der Waals surface area (Å²) in [5, 5.41) is 22.5. The topological polar surface area (TPSA) is 117 Å². The number of carboxylic acid groups (broad SMARTS) is 1. The summed E-state index contributed by atoms with van der Waals surface area (Å²) < 4.78 is 11.8. The molecule has 9 heteroatoms. The van der Waals surface area contributed by atoms with Crippen molar-refractivity contribution in [1.29, 1.82) is 0 Å². The highest BCUT2D eigenvalue weighted by Gasteiger charge is 2.71. The number of allylic oxidation sites excluding steroid dienone is 1. The lowest BCUT2D eigenvalue weighted by molar-refractivity contribution is -0.235. The van der Waals surface area contributed by atoms with Crippen LogP contribution in [0.4, 0.5) is 0 Å². The number of esters is 1.